The summed E-state index contributed by atoms with van der Waals surface area (Å²) >= 11 is 0. The third-order valence-electron chi connectivity index (χ3n) is 4.59. The summed E-state index contributed by atoms with van der Waals surface area (Å²) < 4.78 is 0. The summed E-state index contributed by atoms with van der Waals surface area (Å²) in [4.78, 5) is 20.7. The monoisotopic (exact) mass is 303 g/mol. The van der Waals surface area contributed by atoms with E-state index in [-0.39, 0.29) is 5.91 Å². The molecule has 1 aliphatic carbocycles. The summed E-state index contributed by atoms with van der Waals surface area (Å²) in [7, 11) is 0. The molecule has 0 spiro atoms. The van der Waals surface area contributed by atoms with Crippen LogP contribution in [0.1, 0.15) is 30.5 Å². The molecule has 1 aliphatic heterocycles. The van der Waals surface area contributed by atoms with Crippen LogP contribution in [-0.4, -0.2) is 58.1 Å². The van der Waals surface area contributed by atoms with Gasteiger partial charge in [0, 0.05) is 45.3 Å². The Morgan fingerprint density at radius 3 is 2.91 bits per heavy atom. The molecule has 1 aromatic heterocycles. The van der Waals surface area contributed by atoms with Gasteiger partial charge in [-0.2, -0.15) is 0 Å². The Bertz CT molecular complexity index is 530. The van der Waals surface area contributed by atoms with Crippen LogP contribution in [0.15, 0.2) is 18.3 Å². The Balaban J connectivity index is 1.59. The fraction of sp³-hybridized carbons (Fsp3) is 0.647. The van der Waals surface area contributed by atoms with Crippen LogP contribution >= 0.6 is 0 Å². The summed E-state index contributed by atoms with van der Waals surface area (Å²) in [5.74, 6) is 0.803. The maximum atomic E-state index is 12.2. The van der Waals surface area contributed by atoms with Gasteiger partial charge in [-0.3, -0.25) is 14.7 Å². The molecule has 0 aromatic carbocycles. The highest BCUT2D eigenvalue weighted by Crippen LogP contribution is 2.33. The number of hydrogen-bond donors (Lipinski definition) is 1. The predicted molar refractivity (Wildman–Crippen MR) is 84.2 cm³/mol. The molecule has 22 heavy (non-hydrogen) atoms. The van der Waals surface area contributed by atoms with Crippen molar-refractivity contribution in [3.63, 3.8) is 0 Å². The van der Waals surface area contributed by atoms with Crippen molar-refractivity contribution in [2.24, 2.45) is 5.92 Å². The van der Waals surface area contributed by atoms with Crippen molar-refractivity contribution in [3.8, 4) is 0 Å². The minimum absolute atomic E-state index is 0.206. The second-order valence-corrected chi connectivity index (χ2v) is 6.64. The zero-order valence-electron chi connectivity index (χ0n) is 13.2. The maximum Gasteiger partial charge on any atom is 0.222 e. The topological polar surface area (TPSA) is 56.7 Å². The van der Waals surface area contributed by atoms with E-state index in [1.165, 1.54) is 18.4 Å². The second kappa shape index (κ2) is 6.75. The van der Waals surface area contributed by atoms with Gasteiger partial charge in [-0.25, -0.2) is 0 Å². The molecule has 1 saturated heterocycles. The molecule has 2 heterocycles. The van der Waals surface area contributed by atoms with Crippen LogP contribution in [0.25, 0.3) is 0 Å². The highest BCUT2D eigenvalue weighted by Gasteiger charge is 2.29. The molecule has 0 unspecified atom stereocenters. The largest absolute Gasteiger partial charge is 0.390 e. The van der Waals surface area contributed by atoms with Crippen LogP contribution in [-0.2, 0) is 11.3 Å². The lowest BCUT2D eigenvalue weighted by Gasteiger charge is -2.22. The van der Waals surface area contributed by atoms with Crippen molar-refractivity contribution in [2.75, 3.05) is 26.2 Å². The molecule has 1 saturated carbocycles. The normalized spacial score (nSPS) is 23.4. The van der Waals surface area contributed by atoms with Crippen molar-refractivity contribution >= 4 is 5.91 Å². The third-order valence-corrected chi connectivity index (χ3v) is 4.59. The molecule has 120 valence electrons. The Labute approximate surface area is 131 Å². The molecule has 5 heteroatoms. The van der Waals surface area contributed by atoms with Gasteiger partial charge in [0.25, 0.3) is 0 Å². The molecule has 3 rings (SSSR count). The molecule has 1 N–H and O–H groups in total. The Kier molecular flexibility index (Phi) is 4.74. The zero-order valence-corrected chi connectivity index (χ0v) is 13.2. The number of rotatable bonds is 4. The first-order valence-corrected chi connectivity index (χ1v) is 8.20. The molecule has 0 bridgehead atoms. The number of pyridine rings is 1. The Hall–Kier alpha value is -1.46. The van der Waals surface area contributed by atoms with E-state index in [4.69, 9.17) is 0 Å². The van der Waals surface area contributed by atoms with E-state index in [0.29, 0.717) is 32.0 Å². The second-order valence-electron chi connectivity index (χ2n) is 6.64. The lowest BCUT2D eigenvalue weighted by atomic mass is 10.2. The van der Waals surface area contributed by atoms with Crippen LogP contribution < -0.4 is 0 Å². The quantitative estimate of drug-likeness (QED) is 0.908. The summed E-state index contributed by atoms with van der Waals surface area (Å²) in [5, 5.41) is 10.2. The molecular weight excluding hydrogens is 278 g/mol. The molecule has 2 aliphatic rings. The van der Waals surface area contributed by atoms with Gasteiger partial charge in [-0.15, -0.1) is 0 Å². The van der Waals surface area contributed by atoms with Gasteiger partial charge in [0.15, 0.2) is 0 Å². The zero-order chi connectivity index (χ0) is 15.5. The van der Waals surface area contributed by atoms with Crippen molar-refractivity contribution in [3.05, 3.63) is 29.6 Å². The first-order valence-electron chi connectivity index (χ1n) is 8.20. The number of aliphatic hydroxyl groups is 1. The number of aryl methyl sites for hydroxylation is 1. The summed E-state index contributed by atoms with van der Waals surface area (Å²) in [6, 6.07) is 4.00. The average molecular weight is 303 g/mol. The van der Waals surface area contributed by atoms with Gasteiger partial charge in [0.05, 0.1) is 11.8 Å². The van der Waals surface area contributed by atoms with Crippen LogP contribution in [0.2, 0.25) is 0 Å². The van der Waals surface area contributed by atoms with Gasteiger partial charge >= 0.3 is 0 Å². The average Bonchev–Trinajstić information content (AvgIpc) is 3.29. The van der Waals surface area contributed by atoms with Gasteiger partial charge in [-0.05, 0) is 37.3 Å². The molecule has 2 fully saturated rings. The summed E-state index contributed by atoms with van der Waals surface area (Å²) in [6.07, 6.45) is 4.36. The number of carbonyl (C=O) groups is 1. The number of aromatic nitrogens is 1. The number of aliphatic hydroxyl groups excluding tert-OH is 1. The maximum absolute atomic E-state index is 12.2. The minimum Gasteiger partial charge on any atom is -0.390 e. The van der Waals surface area contributed by atoms with Crippen molar-refractivity contribution in [2.45, 2.75) is 38.8 Å². The van der Waals surface area contributed by atoms with E-state index in [2.05, 4.69) is 22.9 Å². The van der Waals surface area contributed by atoms with Crippen LogP contribution in [0.3, 0.4) is 0 Å². The van der Waals surface area contributed by atoms with E-state index in [1.54, 1.807) is 0 Å². The molecule has 1 aromatic rings. The van der Waals surface area contributed by atoms with E-state index in [0.717, 1.165) is 18.8 Å². The smallest absolute Gasteiger partial charge is 0.222 e. The number of amides is 1. The third kappa shape index (κ3) is 4.05. The number of nitrogens with zero attached hydrogens (tertiary/aromatic N) is 3. The van der Waals surface area contributed by atoms with Crippen molar-refractivity contribution in [1.82, 2.24) is 14.8 Å². The highest BCUT2D eigenvalue weighted by molar-refractivity contribution is 5.76. The lowest BCUT2D eigenvalue weighted by Crippen LogP contribution is -2.37. The fourth-order valence-corrected chi connectivity index (χ4v) is 3.02. The highest BCUT2D eigenvalue weighted by atomic mass is 16.3. The number of hydrogen-bond acceptors (Lipinski definition) is 4. The summed E-state index contributed by atoms with van der Waals surface area (Å²) in [5.41, 5.74) is 2.22. The fourth-order valence-electron chi connectivity index (χ4n) is 3.02. The minimum atomic E-state index is -0.477. The van der Waals surface area contributed by atoms with Crippen LogP contribution in [0, 0.1) is 12.8 Å². The van der Waals surface area contributed by atoms with Crippen LogP contribution in [0.4, 0.5) is 0 Å². The molecule has 0 radical (unpaired) electrons. The van der Waals surface area contributed by atoms with Gasteiger partial charge in [-0.1, -0.05) is 6.07 Å². The van der Waals surface area contributed by atoms with E-state index in [9.17, 15) is 9.90 Å². The Morgan fingerprint density at radius 2 is 2.18 bits per heavy atom. The summed E-state index contributed by atoms with van der Waals surface area (Å²) in [6.45, 7) is 5.35. The van der Waals surface area contributed by atoms with Crippen molar-refractivity contribution < 1.29 is 9.90 Å². The first kappa shape index (κ1) is 15.4. The number of carbonyl (C=O) groups excluding carboxylic acids is 1. The SMILES string of the molecule is Cc1cccnc1CN1CCN(C(=O)CC2CC2)C[C@H](O)C1. The van der Waals surface area contributed by atoms with E-state index < -0.39 is 6.10 Å². The molecule has 1 atom stereocenters. The van der Waals surface area contributed by atoms with Gasteiger partial charge in [0.1, 0.15) is 0 Å². The first-order chi connectivity index (χ1) is 10.6. The number of β-amino-alcohol motifs (C(OH)–C–C–N with tert-alkyl or cyclic N) is 1. The Morgan fingerprint density at radius 1 is 1.36 bits per heavy atom. The van der Waals surface area contributed by atoms with Crippen LogP contribution in [0.5, 0.6) is 0 Å². The van der Waals surface area contributed by atoms with Crippen molar-refractivity contribution in [1.29, 1.82) is 0 Å². The predicted octanol–water partition coefficient (Wildman–Crippen LogP) is 1.20. The molecule has 5 nitrogen and oxygen atoms in total. The van der Waals surface area contributed by atoms with Gasteiger partial charge in [0.2, 0.25) is 5.91 Å². The standard InChI is InChI=1S/C17H25N3O2/c1-13-3-2-6-18-16(13)12-19-7-8-20(11-15(21)10-19)17(22)9-14-4-5-14/h2-3,6,14-15,21H,4-5,7-12H2,1H3/t15-/m1/s1. The molecule has 1 amide bonds. The van der Waals surface area contributed by atoms with E-state index >= 15 is 0 Å². The van der Waals surface area contributed by atoms with Gasteiger partial charge < -0.3 is 10.0 Å². The lowest BCUT2D eigenvalue weighted by molar-refractivity contribution is -0.132. The molecular formula is C17H25N3O2. The van der Waals surface area contributed by atoms with E-state index in [1.807, 2.05) is 17.2 Å².